The van der Waals surface area contributed by atoms with Crippen LogP contribution in [0.15, 0.2) is 24.3 Å². The van der Waals surface area contributed by atoms with Crippen molar-refractivity contribution in [2.24, 2.45) is 0 Å². The van der Waals surface area contributed by atoms with Gasteiger partial charge in [-0.25, -0.2) is 0 Å². The van der Waals surface area contributed by atoms with Crippen molar-refractivity contribution in [3.05, 3.63) is 29.8 Å². The van der Waals surface area contributed by atoms with Crippen LogP contribution in [0.25, 0.3) is 6.08 Å². The highest BCUT2D eigenvalue weighted by Gasteiger charge is 2.19. The summed E-state index contributed by atoms with van der Waals surface area (Å²) in [5, 5.41) is 0. The maximum absolute atomic E-state index is 12.3. The Morgan fingerprint density at radius 2 is 1.78 bits per heavy atom. The van der Waals surface area contributed by atoms with E-state index in [9.17, 15) is 9.59 Å². The van der Waals surface area contributed by atoms with Gasteiger partial charge in [-0.05, 0) is 30.2 Å². The SMILES string of the molecule is CC(=O)N1CCCN(C(=O)/C=C/c2ccc3c(c2)OCO3)CC1. The Morgan fingerprint density at radius 1 is 1.04 bits per heavy atom. The van der Waals surface area contributed by atoms with E-state index < -0.39 is 0 Å². The average molecular weight is 316 g/mol. The van der Waals surface area contributed by atoms with Gasteiger partial charge in [0.2, 0.25) is 18.6 Å². The summed E-state index contributed by atoms with van der Waals surface area (Å²) in [6, 6.07) is 5.58. The molecule has 0 spiro atoms. The topological polar surface area (TPSA) is 59.1 Å². The van der Waals surface area contributed by atoms with Gasteiger partial charge in [0.1, 0.15) is 0 Å². The predicted octanol–water partition coefficient (Wildman–Crippen LogP) is 1.51. The Kier molecular flexibility index (Phi) is 4.50. The molecule has 0 radical (unpaired) electrons. The van der Waals surface area contributed by atoms with Gasteiger partial charge < -0.3 is 19.3 Å². The van der Waals surface area contributed by atoms with Crippen molar-refractivity contribution < 1.29 is 19.1 Å². The van der Waals surface area contributed by atoms with E-state index in [1.807, 2.05) is 18.2 Å². The smallest absolute Gasteiger partial charge is 0.246 e. The fourth-order valence-electron chi connectivity index (χ4n) is 2.74. The summed E-state index contributed by atoms with van der Waals surface area (Å²) >= 11 is 0. The summed E-state index contributed by atoms with van der Waals surface area (Å²) in [4.78, 5) is 27.3. The molecule has 1 saturated heterocycles. The first-order valence-corrected chi connectivity index (χ1v) is 7.75. The van der Waals surface area contributed by atoms with Crippen molar-refractivity contribution in [3.8, 4) is 11.5 Å². The Labute approximate surface area is 135 Å². The lowest BCUT2D eigenvalue weighted by Crippen LogP contribution is -2.35. The first-order valence-electron chi connectivity index (χ1n) is 7.75. The molecular weight excluding hydrogens is 296 g/mol. The van der Waals surface area contributed by atoms with Crippen LogP contribution >= 0.6 is 0 Å². The lowest BCUT2D eigenvalue weighted by molar-refractivity contribution is -0.130. The zero-order chi connectivity index (χ0) is 16.2. The van der Waals surface area contributed by atoms with Crippen molar-refractivity contribution in [3.63, 3.8) is 0 Å². The molecule has 0 atom stereocenters. The van der Waals surface area contributed by atoms with Crippen molar-refractivity contribution in [2.45, 2.75) is 13.3 Å². The molecule has 6 nitrogen and oxygen atoms in total. The fraction of sp³-hybridized carbons (Fsp3) is 0.412. The van der Waals surface area contributed by atoms with Gasteiger partial charge in [0.15, 0.2) is 11.5 Å². The number of nitrogens with zero attached hydrogens (tertiary/aromatic N) is 2. The first kappa shape index (κ1) is 15.4. The van der Waals surface area contributed by atoms with Gasteiger partial charge >= 0.3 is 0 Å². The summed E-state index contributed by atoms with van der Waals surface area (Å²) in [7, 11) is 0. The van der Waals surface area contributed by atoms with E-state index in [0.29, 0.717) is 31.9 Å². The van der Waals surface area contributed by atoms with E-state index in [2.05, 4.69) is 0 Å². The molecule has 1 aromatic carbocycles. The highest BCUT2D eigenvalue weighted by Crippen LogP contribution is 2.32. The van der Waals surface area contributed by atoms with Gasteiger partial charge in [-0.2, -0.15) is 0 Å². The highest BCUT2D eigenvalue weighted by molar-refractivity contribution is 5.92. The molecule has 2 aliphatic heterocycles. The number of ether oxygens (including phenoxy) is 2. The number of hydrogen-bond donors (Lipinski definition) is 0. The number of carbonyl (C=O) groups is 2. The van der Waals surface area contributed by atoms with Crippen LogP contribution in [0.4, 0.5) is 0 Å². The molecule has 122 valence electrons. The van der Waals surface area contributed by atoms with Gasteiger partial charge in [-0.15, -0.1) is 0 Å². The minimum Gasteiger partial charge on any atom is -0.454 e. The lowest BCUT2D eigenvalue weighted by atomic mass is 10.2. The van der Waals surface area contributed by atoms with Crippen molar-refractivity contribution in [1.29, 1.82) is 0 Å². The Balaban J connectivity index is 1.61. The number of carbonyl (C=O) groups excluding carboxylic acids is 2. The predicted molar refractivity (Wildman–Crippen MR) is 85.1 cm³/mol. The molecule has 0 aromatic heterocycles. The van der Waals surface area contributed by atoms with Crippen LogP contribution in [0.1, 0.15) is 18.9 Å². The van der Waals surface area contributed by atoms with E-state index in [-0.39, 0.29) is 18.6 Å². The zero-order valence-corrected chi connectivity index (χ0v) is 13.2. The maximum atomic E-state index is 12.3. The summed E-state index contributed by atoms with van der Waals surface area (Å²) < 4.78 is 10.6. The Morgan fingerprint density at radius 3 is 2.61 bits per heavy atom. The number of rotatable bonds is 2. The molecule has 2 heterocycles. The van der Waals surface area contributed by atoms with E-state index in [4.69, 9.17) is 9.47 Å². The molecule has 1 fully saturated rings. The fourth-order valence-corrected chi connectivity index (χ4v) is 2.74. The van der Waals surface area contributed by atoms with Gasteiger partial charge in [-0.3, -0.25) is 9.59 Å². The molecular formula is C17H20N2O4. The quantitative estimate of drug-likeness (QED) is 0.776. The zero-order valence-electron chi connectivity index (χ0n) is 13.2. The van der Waals surface area contributed by atoms with Crippen LogP contribution in [-0.2, 0) is 9.59 Å². The summed E-state index contributed by atoms with van der Waals surface area (Å²) in [5.41, 5.74) is 0.891. The minimum absolute atomic E-state index is 0.0342. The molecule has 0 bridgehead atoms. The second-order valence-corrected chi connectivity index (χ2v) is 5.63. The van der Waals surface area contributed by atoms with Crippen LogP contribution in [0.3, 0.4) is 0 Å². The van der Waals surface area contributed by atoms with Crippen LogP contribution in [0, 0.1) is 0 Å². The average Bonchev–Trinajstić information content (AvgIpc) is 2.86. The molecule has 0 saturated carbocycles. The number of benzene rings is 1. The monoisotopic (exact) mass is 316 g/mol. The van der Waals surface area contributed by atoms with E-state index in [0.717, 1.165) is 17.7 Å². The standard InChI is InChI=1S/C17H20N2O4/c1-13(20)18-7-2-8-19(10-9-18)17(21)6-4-14-3-5-15-16(11-14)23-12-22-15/h3-6,11H,2,7-10,12H2,1H3/b6-4+. The van der Waals surface area contributed by atoms with Crippen molar-refractivity contribution in [2.75, 3.05) is 33.0 Å². The van der Waals surface area contributed by atoms with Crippen LogP contribution in [0.2, 0.25) is 0 Å². The molecule has 1 aromatic rings. The summed E-state index contributed by atoms with van der Waals surface area (Å²) in [6.07, 6.45) is 4.15. The third-order valence-corrected chi connectivity index (χ3v) is 4.07. The Bertz CT molecular complexity index is 641. The maximum Gasteiger partial charge on any atom is 0.246 e. The van der Waals surface area contributed by atoms with Gasteiger partial charge in [0, 0.05) is 39.2 Å². The molecule has 6 heteroatoms. The van der Waals surface area contributed by atoms with E-state index in [1.165, 1.54) is 0 Å². The molecule has 0 unspecified atom stereocenters. The summed E-state index contributed by atoms with van der Waals surface area (Å²) in [5.74, 6) is 1.46. The third-order valence-electron chi connectivity index (χ3n) is 4.07. The van der Waals surface area contributed by atoms with E-state index in [1.54, 1.807) is 28.9 Å². The minimum atomic E-state index is -0.0342. The van der Waals surface area contributed by atoms with Gasteiger partial charge in [0.25, 0.3) is 0 Å². The molecule has 0 N–H and O–H groups in total. The van der Waals surface area contributed by atoms with Crippen molar-refractivity contribution >= 4 is 17.9 Å². The highest BCUT2D eigenvalue weighted by atomic mass is 16.7. The molecule has 2 amide bonds. The number of fused-ring (bicyclic) bond motifs is 1. The Hall–Kier alpha value is -2.50. The largest absolute Gasteiger partial charge is 0.454 e. The molecule has 23 heavy (non-hydrogen) atoms. The molecule has 3 rings (SSSR count). The molecule has 2 aliphatic rings. The number of hydrogen-bond acceptors (Lipinski definition) is 4. The van der Waals surface area contributed by atoms with Crippen LogP contribution in [-0.4, -0.2) is 54.6 Å². The first-order chi connectivity index (χ1) is 11.1. The lowest BCUT2D eigenvalue weighted by Gasteiger charge is -2.20. The van der Waals surface area contributed by atoms with Crippen molar-refractivity contribution in [1.82, 2.24) is 9.80 Å². The third kappa shape index (κ3) is 3.64. The summed E-state index contributed by atoms with van der Waals surface area (Å²) in [6.45, 7) is 4.36. The van der Waals surface area contributed by atoms with Crippen LogP contribution < -0.4 is 9.47 Å². The normalized spacial score (nSPS) is 17.4. The second kappa shape index (κ2) is 6.73. The van der Waals surface area contributed by atoms with Crippen LogP contribution in [0.5, 0.6) is 11.5 Å². The second-order valence-electron chi connectivity index (χ2n) is 5.63. The van der Waals surface area contributed by atoms with Gasteiger partial charge in [-0.1, -0.05) is 6.07 Å². The number of amides is 2. The molecule has 0 aliphatic carbocycles. The van der Waals surface area contributed by atoms with E-state index >= 15 is 0 Å². The van der Waals surface area contributed by atoms with Gasteiger partial charge in [0.05, 0.1) is 0 Å².